The van der Waals surface area contributed by atoms with Gasteiger partial charge < -0.3 is 10.0 Å². The van der Waals surface area contributed by atoms with E-state index in [1.807, 2.05) is 12.1 Å². The molecule has 1 aromatic carbocycles. The van der Waals surface area contributed by atoms with E-state index in [0.717, 1.165) is 18.4 Å². The summed E-state index contributed by atoms with van der Waals surface area (Å²) in [6.07, 6.45) is -2.73. The van der Waals surface area contributed by atoms with Crippen molar-refractivity contribution in [2.45, 2.75) is 37.8 Å². The number of likely N-dealkylation sites (tertiary alicyclic amines) is 1. The molecule has 3 nitrogen and oxygen atoms in total. The lowest BCUT2D eigenvalue weighted by molar-refractivity contribution is -0.207. The van der Waals surface area contributed by atoms with E-state index in [1.54, 1.807) is 12.1 Å². The second-order valence-corrected chi connectivity index (χ2v) is 7.44. The number of hydrogen-bond acceptors (Lipinski definition) is 2. The van der Waals surface area contributed by atoms with Gasteiger partial charge in [-0.1, -0.05) is 12.1 Å². The molecule has 0 bridgehead atoms. The predicted molar refractivity (Wildman–Crippen MR) is 76.8 cm³/mol. The molecule has 1 aromatic rings. The molecule has 0 unspecified atom stereocenters. The monoisotopic (exact) mass is 325 g/mol. The Bertz CT molecular complexity index is 635. The van der Waals surface area contributed by atoms with Crippen LogP contribution in [0.2, 0.25) is 0 Å². The fourth-order valence-corrected chi connectivity index (χ4v) is 4.18. The van der Waals surface area contributed by atoms with Crippen LogP contribution < -0.4 is 0 Å². The summed E-state index contributed by atoms with van der Waals surface area (Å²) in [7, 11) is 0. The molecular formula is C17H18F3NO2. The van der Waals surface area contributed by atoms with Crippen LogP contribution in [0.4, 0.5) is 13.2 Å². The van der Waals surface area contributed by atoms with Gasteiger partial charge >= 0.3 is 6.18 Å². The number of alkyl halides is 3. The number of carbonyl (C=O) groups excluding carboxylic acids is 1. The van der Waals surface area contributed by atoms with Gasteiger partial charge in [0.2, 0.25) is 5.91 Å². The van der Waals surface area contributed by atoms with Gasteiger partial charge in [0.25, 0.3) is 0 Å². The minimum atomic E-state index is -4.42. The predicted octanol–water partition coefficient (Wildman–Crippen LogP) is 3.44. The average molecular weight is 325 g/mol. The number of amides is 1. The quantitative estimate of drug-likeness (QED) is 0.905. The highest BCUT2D eigenvalue weighted by molar-refractivity contribution is 5.87. The Labute approximate surface area is 132 Å². The molecule has 1 spiro atoms. The summed E-state index contributed by atoms with van der Waals surface area (Å²) in [6.45, 7) is 0.913. The summed E-state index contributed by atoms with van der Waals surface area (Å²) in [5, 5.41) is 9.30. The largest absolute Gasteiger partial charge is 0.508 e. The van der Waals surface area contributed by atoms with Gasteiger partial charge in [-0.15, -0.1) is 0 Å². The van der Waals surface area contributed by atoms with E-state index >= 15 is 0 Å². The van der Waals surface area contributed by atoms with Gasteiger partial charge in [0.15, 0.2) is 0 Å². The molecule has 2 aliphatic carbocycles. The highest BCUT2D eigenvalue weighted by atomic mass is 19.4. The molecule has 0 radical (unpaired) electrons. The number of rotatable bonds is 2. The van der Waals surface area contributed by atoms with Crippen molar-refractivity contribution in [2.75, 3.05) is 13.1 Å². The maximum atomic E-state index is 13.0. The Hall–Kier alpha value is -1.72. The van der Waals surface area contributed by atoms with Crippen molar-refractivity contribution in [3.63, 3.8) is 0 Å². The number of phenolic OH excluding ortho intramolecular Hbond substituents is 1. The zero-order valence-corrected chi connectivity index (χ0v) is 12.6. The first-order valence-corrected chi connectivity index (χ1v) is 7.90. The highest BCUT2D eigenvalue weighted by Crippen LogP contribution is 2.62. The zero-order chi connectivity index (χ0) is 16.5. The Morgan fingerprint density at radius 1 is 1.13 bits per heavy atom. The highest BCUT2D eigenvalue weighted by Gasteiger charge is 2.71. The van der Waals surface area contributed by atoms with Crippen LogP contribution in [0.25, 0.3) is 0 Å². The molecule has 23 heavy (non-hydrogen) atoms. The van der Waals surface area contributed by atoms with Gasteiger partial charge in [0.05, 0.1) is 0 Å². The average Bonchev–Trinajstić information content (AvgIpc) is 3.18. The number of benzene rings is 1. The van der Waals surface area contributed by atoms with Crippen molar-refractivity contribution in [3.8, 4) is 5.75 Å². The number of nitrogens with zero attached hydrogens (tertiary/aromatic N) is 1. The number of halogens is 3. The summed E-state index contributed by atoms with van der Waals surface area (Å²) in [5.74, 6) is -0.112. The molecule has 0 atom stereocenters. The van der Waals surface area contributed by atoms with Crippen LogP contribution >= 0.6 is 0 Å². The van der Waals surface area contributed by atoms with E-state index in [-0.39, 0.29) is 24.0 Å². The third kappa shape index (κ3) is 2.14. The number of phenols is 1. The lowest BCUT2D eigenvalue weighted by Gasteiger charge is -2.59. The van der Waals surface area contributed by atoms with E-state index in [2.05, 4.69) is 0 Å². The third-order valence-electron chi connectivity index (χ3n) is 5.77. The van der Waals surface area contributed by atoms with Crippen molar-refractivity contribution in [1.82, 2.24) is 4.90 Å². The van der Waals surface area contributed by atoms with Gasteiger partial charge in [-0.05, 0) is 49.3 Å². The summed E-state index contributed by atoms with van der Waals surface area (Å²) >= 11 is 0. The first kappa shape index (κ1) is 14.8. The molecule has 1 amide bonds. The molecule has 1 saturated heterocycles. The molecule has 0 aromatic heterocycles. The first-order chi connectivity index (χ1) is 10.7. The standard InChI is InChI=1S/C17H18F3NO2/c18-17(19,20)16(5-6-16)14(23)21-9-15(10-21)7-12(8-15)11-1-3-13(22)4-2-11/h1-4,12,22H,5-10H2. The Morgan fingerprint density at radius 2 is 1.70 bits per heavy atom. The van der Waals surface area contributed by atoms with Gasteiger partial charge in [-0.3, -0.25) is 4.79 Å². The van der Waals surface area contributed by atoms with Crippen molar-refractivity contribution < 1.29 is 23.1 Å². The minimum absolute atomic E-state index is 0.0138. The molecule has 1 heterocycles. The lowest BCUT2D eigenvalue weighted by atomic mass is 9.56. The minimum Gasteiger partial charge on any atom is -0.508 e. The van der Waals surface area contributed by atoms with Crippen LogP contribution in [0.5, 0.6) is 5.75 Å². The Balaban J connectivity index is 1.35. The smallest absolute Gasteiger partial charge is 0.403 e. The molecule has 4 rings (SSSR count). The van der Waals surface area contributed by atoms with Gasteiger partial charge in [-0.2, -0.15) is 13.2 Å². The number of aromatic hydroxyl groups is 1. The topological polar surface area (TPSA) is 40.5 Å². The second kappa shape index (κ2) is 4.42. The number of carbonyl (C=O) groups is 1. The maximum Gasteiger partial charge on any atom is 0.403 e. The Morgan fingerprint density at radius 3 is 2.17 bits per heavy atom. The van der Waals surface area contributed by atoms with Crippen LogP contribution in [0.1, 0.15) is 37.2 Å². The van der Waals surface area contributed by atoms with Crippen molar-refractivity contribution in [1.29, 1.82) is 0 Å². The van der Waals surface area contributed by atoms with Gasteiger partial charge in [0, 0.05) is 18.5 Å². The molecule has 3 fully saturated rings. The van der Waals surface area contributed by atoms with Gasteiger partial charge in [0.1, 0.15) is 11.2 Å². The van der Waals surface area contributed by atoms with E-state index in [4.69, 9.17) is 0 Å². The van der Waals surface area contributed by atoms with Crippen LogP contribution in [-0.4, -0.2) is 35.2 Å². The summed E-state index contributed by atoms with van der Waals surface area (Å²) in [5.41, 5.74) is -0.915. The fourth-order valence-electron chi connectivity index (χ4n) is 4.18. The van der Waals surface area contributed by atoms with Gasteiger partial charge in [-0.25, -0.2) is 0 Å². The molecule has 1 aliphatic heterocycles. The molecule has 3 aliphatic rings. The Kier molecular flexibility index (Phi) is 2.86. The molecule has 2 saturated carbocycles. The van der Waals surface area contributed by atoms with Crippen LogP contribution in [0.3, 0.4) is 0 Å². The molecular weight excluding hydrogens is 307 g/mol. The van der Waals surface area contributed by atoms with Crippen LogP contribution in [0.15, 0.2) is 24.3 Å². The van der Waals surface area contributed by atoms with E-state index in [9.17, 15) is 23.1 Å². The van der Waals surface area contributed by atoms with Crippen LogP contribution in [0, 0.1) is 10.8 Å². The second-order valence-electron chi connectivity index (χ2n) is 7.44. The lowest BCUT2D eigenvalue weighted by Crippen LogP contribution is -2.65. The first-order valence-electron chi connectivity index (χ1n) is 7.90. The zero-order valence-electron chi connectivity index (χ0n) is 12.6. The van der Waals surface area contributed by atoms with Crippen molar-refractivity contribution in [2.24, 2.45) is 10.8 Å². The van der Waals surface area contributed by atoms with Crippen molar-refractivity contribution in [3.05, 3.63) is 29.8 Å². The fraction of sp³-hybridized carbons (Fsp3) is 0.588. The van der Waals surface area contributed by atoms with Crippen LogP contribution in [-0.2, 0) is 4.79 Å². The van der Waals surface area contributed by atoms with E-state index in [1.165, 1.54) is 4.90 Å². The normalized spacial score (nSPS) is 24.9. The maximum absolute atomic E-state index is 13.0. The van der Waals surface area contributed by atoms with E-state index in [0.29, 0.717) is 19.0 Å². The third-order valence-corrected chi connectivity index (χ3v) is 5.77. The molecule has 1 N–H and O–H groups in total. The summed E-state index contributed by atoms with van der Waals surface area (Å²) < 4.78 is 39.0. The number of hydrogen-bond donors (Lipinski definition) is 1. The summed E-state index contributed by atoms with van der Waals surface area (Å²) in [6, 6.07) is 7.07. The van der Waals surface area contributed by atoms with E-state index < -0.39 is 17.5 Å². The SMILES string of the molecule is O=C(N1CC2(CC(c3ccc(O)cc3)C2)C1)C1(C(F)(F)F)CC1. The summed E-state index contributed by atoms with van der Waals surface area (Å²) in [4.78, 5) is 13.5. The molecule has 124 valence electrons. The molecule has 6 heteroatoms. The van der Waals surface area contributed by atoms with Crippen molar-refractivity contribution >= 4 is 5.91 Å².